The lowest BCUT2D eigenvalue weighted by Gasteiger charge is -2.24. The van der Waals surface area contributed by atoms with Crippen LogP contribution in [0, 0.1) is 5.82 Å². The van der Waals surface area contributed by atoms with Gasteiger partial charge in [0.1, 0.15) is 17.6 Å². The third kappa shape index (κ3) is 3.56. The van der Waals surface area contributed by atoms with Crippen molar-refractivity contribution in [3.05, 3.63) is 54.2 Å². The van der Waals surface area contributed by atoms with Crippen LogP contribution < -0.4 is 10.6 Å². The molecule has 0 aliphatic carbocycles. The number of furan rings is 1. The van der Waals surface area contributed by atoms with Crippen molar-refractivity contribution >= 4 is 17.6 Å². The molecule has 0 spiro atoms. The highest BCUT2D eigenvalue weighted by Gasteiger charge is 2.34. The largest absolute Gasteiger partial charge is 0.467 e. The van der Waals surface area contributed by atoms with E-state index in [0.717, 1.165) is 6.42 Å². The number of likely N-dealkylation sites (tertiary alicyclic amines) is 1. The minimum atomic E-state index is -0.563. The van der Waals surface area contributed by atoms with E-state index in [1.54, 1.807) is 24.3 Å². The first-order valence-electron chi connectivity index (χ1n) is 7.77. The van der Waals surface area contributed by atoms with Gasteiger partial charge in [-0.15, -0.1) is 0 Å². The molecule has 0 radical (unpaired) electrons. The molecule has 3 amide bonds. The normalized spacial score (nSPS) is 16.9. The SMILES string of the molecule is O=C(NCc1ccco1)C1CCCN1C(=O)Nc1ccccc1F. The molecule has 3 rings (SSSR count). The number of nitrogens with one attached hydrogen (secondary N) is 2. The average Bonchev–Trinajstić information content (AvgIpc) is 3.26. The number of hydrogen-bond donors (Lipinski definition) is 2. The van der Waals surface area contributed by atoms with Gasteiger partial charge in [0.15, 0.2) is 0 Å². The number of rotatable bonds is 4. The lowest BCUT2D eigenvalue weighted by atomic mass is 10.2. The number of halogens is 1. The summed E-state index contributed by atoms with van der Waals surface area (Å²) in [6, 6.07) is 8.40. The predicted octanol–water partition coefficient (Wildman–Crippen LogP) is 2.73. The Morgan fingerprint density at radius 1 is 1.25 bits per heavy atom. The summed E-state index contributed by atoms with van der Waals surface area (Å²) in [5.74, 6) is -0.111. The highest BCUT2D eigenvalue weighted by Crippen LogP contribution is 2.20. The lowest BCUT2D eigenvalue weighted by molar-refractivity contribution is -0.124. The van der Waals surface area contributed by atoms with Gasteiger partial charge in [-0.05, 0) is 37.1 Å². The quantitative estimate of drug-likeness (QED) is 0.904. The number of carbonyl (C=O) groups is 2. The van der Waals surface area contributed by atoms with Crippen LogP contribution in [-0.4, -0.2) is 29.4 Å². The van der Waals surface area contributed by atoms with Gasteiger partial charge in [-0.25, -0.2) is 9.18 Å². The molecule has 1 atom stereocenters. The summed E-state index contributed by atoms with van der Waals surface area (Å²) in [7, 11) is 0. The monoisotopic (exact) mass is 331 g/mol. The topological polar surface area (TPSA) is 74.6 Å². The highest BCUT2D eigenvalue weighted by atomic mass is 19.1. The molecule has 0 bridgehead atoms. The zero-order valence-electron chi connectivity index (χ0n) is 13.0. The second-order valence-electron chi connectivity index (χ2n) is 5.56. The van der Waals surface area contributed by atoms with Gasteiger partial charge in [0.2, 0.25) is 5.91 Å². The summed E-state index contributed by atoms with van der Waals surface area (Å²) in [6.45, 7) is 0.726. The summed E-state index contributed by atoms with van der Waals surface area (Å²) in [6.07, 6.45) is 2.84. The maximum Gasteiger partial charge on any atom is 0.322 e. The summed E-state index contributed by atoms with van der Waals surface area (Å²) < 4.78 is 18.8. The van der Waals surface area contributed by atoms with Crippen molar-refractivity contribution in [3.63, 3.8) is 0 Å². The van der Waals surface area contributed by atoms with Crippen molar-refractivity contribution in [2.24, 2.45) is 0 Å². The van der Waals surface area contributed by atoms with Gasteiger partial charge in [0.25, 0.3) is 0 Å². The molecule has 6 nitrogen and oxygen atoms in total. The molecule has 1 aliphatic heterocycles. The molecular formula is C17H18FN3O3. The number of carbonyl (C=O) groups excluding carboxylic acids is 2. The number of nitrogens with zero attached hydrogens (tertiary/aromatic N) is 1. The van der Waals surface area contributed by atoms with Crippen molar-refractivity contribution in [2.45, 2.75) is 25.4 Å². The summed E-state index contributed by atoms with van der Waals surface area (Å²) in [5, 5.41) is 5.28. The minimum Gasteiger partial charge on any atom is -0.467 e. The van der Waals surface area contributed by atoms with E-state index >= 15 is 0 Å². The first-order chi connectivity index (χ1) is 11.6. The zero-order valence-corrected chi connectivity index (χ0v) is 13.0. The zero-order chi connectivity index (χ0) is 16.9. The van der Waals surface area contributed by atoms with Crippen molar-refractivity contribution in [3.8, 4) is 0 Å². The number of amides is 3. The van der Waals surface area contributed by atoms with Gasteiger partial charge in [0.05, 0.1) is 18.5 Å². The molecule has 2 aromatic rings. The van der Waals surface area contributed by atoms with E-state index in [0.29, 0.717) is 18.7 Å². The molecule has 1 saturated heterocycles. The molecule has 2 N–H and O–H groups in total. The van der Waals surface area contributed by atoms with E-state index < -0.39 is 17.9 Å². The summed E-state index contributed by atoms with van der Waals surface area (Å²) in [4.78, 5) is 26.1. The van der Waals surface area contributed by atoms with Crippen LogP contribution in [0.3, 0.4) is 0 Å². The molecular weight excluding hydrogens is 313 g/mol. The Balaban J connectivity index is 1.61. The van der Waals surface area contributed by atoms with E-state index in [2.05, 4.69) is 10.6 Å². The number of para-hydroxylation sites is 1. The molecule has 0 saturated carbocycles. The van der Waals surface area contributed by atoms with Crippen LogP contribution in [0.1, 0.15) is 18.6 Å². The van der Waals surface area contributed by atoms with Crippen LogP contribution in [0.15, 0.2) is 47.1 Å². The smallest absolute Gasteiger partial charge is 0.322 e. The average molecular weight is 331 g/mol. The summed E-state index contributed by atoms with van der Waals surface area (Å²) >= 11 is 0. The van der Waals surface area contributed by atoms with Gasteiger partial charge in [0, 0.05) is 6.54 Å². The number of hydrogen-bond acceptors (Lipinski definition) is 3. The van der Waals surface area contributed by atoms with Crippen molar-refractivity contribution in [1.29, 1.82) is 0 Å². The third-order valence-corrected chi connectivity index (χ3v) is 3.95. The van der Waals surface area contributed by atoms with E-state index in [1.165, 1.54) is 23.3 Å². The molecule has 126 valence electrons. The fourth-order valence-corrected chi connectivity index (χ4v) is 2.74. The molecule has 7 heteroatoms. The van der Waals surface area contributed by atoms with Gasteiger partial charge in [-0.2, -0.15) is 0 Å². The number of anilines is 1. The first kappa shape index (κ1) is 16.0. The van der Waals surface area contributed by atoms with E-state index in [-0.39, 0.29) is 18.1 Å². The van der Waals surface area contributed by atoms with E-state index in [9.17, 15) is 14.0 Å². The Morgan fingerprint density at radius 2 is 2.08 bits per heavy atom. The van der Waals surface area contributed by atoms with Crippen LogP contribution in [-0.2, 0) is 11.3 Å². The highest BCUT2D eigenvalue weighted by molar-refractivity contribution is 5.94. The maximum absolute atomic E-state index is 13.6. The van der Waals surface area contributed by atoms with Gasteiger partial charge >= 0.3 is 6.03 Å². The Hall–Kier alpha value is -2.83. The molecule has 1 aromatic heterocycles. The fraction of sp³-hybridized carbons (Fsp3) is 0.294. The van der Waals surface area contributed by atoms with Crippen LogP contribution in [0.4, 0.5) is 14.9 Å². The van der Waals surface area contributed by atoms with Crippen molar-refractivity contribution < 1.29 is 18.4 Å². The van der Waals surface area contributed by atoms with Gasteiger partial charge in [-0.1, -0.05) is 12.1 Å². The van der Waals surface area contributed by atoms with E-state index in [1.807, 2.05) is 0 Å². The molecule has 1 aromatic carbocycles. The molecule has 24 heavy (non-hydrogen) atoms. The molecule has 1 fully saturated rings. The number of benzene rings is 1. The lowest BCUT2D eigenvalue weighted by Crippen LogP contribution is -2.47. The Kier molecular flexibility index (Phi) is 4.79. The maximum atomic E-state index is 13.6. The molecule has 1 aliphatic rings. The van der Waals surface area contributed by atoms with Crippen LogP contribution in [0.25, 0.3) is 0 Å². The van der Waals surface area contributed by atoms with Crippen LogP contribution in [0.5, 0.6) is 0 Å². The minimum absolute atomic E-state index is 0.101. The van der Waals surface area contributed by atoms with Gasteiger partial charge < -0.3 is 20.0 Å². The summed E-state index contributed by atoms with van der Waals surface area (Å²) in [5.41, 5.74) is 0.101. The second kappa shape index (κ2) is 7.16. The number of urea groups is 1. The predicted molar refractivity (Wildman–Crippen MR) is 85.7 cm³/mol. The third-order valence-electron chi connectivity index (χ3n) is 3.95. The standard InChI is InChI=1S/C17H18FN3O3/c18-13-6-1-2-7-14(13)20-17(23)21-9-3-8-15(21)16(22)19-11-12-5-4-10-24-12/h1-2,4-7,10,15H,3,8-9,11H2,(H,19,22)(H,20,23). The Labute approximate surface area is 138 Å². The van der Waals surface area contributed by atoms with Crippen LogP contribution in [0.2, 0.25) is 0 Å². The molecule has 1 unspecified atom stereocenters. The Bertz CT molecular complexity index is 718. The van der Waals surface area contributed by atoms with E-state index in [4.69, 9.17) is 4.42 Å². The first-order valence-corrected chi connectivity index (χ1v) is 7.77. The van der Waals surface area contributed by atoms with Crippen molar-refractivity contribution in [2.75, 3.05) is 11.9 Å². The Morgan fingerprint density at radius 3 is 2.83 bits per heavy atom. The fourth-order valence-electron chi connectivity index (χ4n) is 2.74. The van der Waals surface area contributed by atoms with Crippen LogP contribution >= 0.6 is 0 Å². The van der Waals surface area contributed by atoms with Gasteiger partial charge in [-0.3, -0.25) is 4.79 Å². The van der Waals surface area contributed by atoms with Crippen molar-refractivity contribution in [1.82, 2.24) is 10.2 Å². The molecule has 2 heterocycles. The second-order valence-corrected chi connectivity index (χ2v) is 5.56.